The van der Waals surface area contributed by atoms with Gasteiger partial charge in [0.1, 0.15) is 0 Å². The number of amides is 1. The molecule has 0 aliphatic carbocycles. The van der Waals surface area contributed by atoms with E-state index < -0.39 is 5.97 Å². The molecular formula is C15H20N2O3. The van der Waals surface area contributed by atoms with Crippen molar-refractivity contribution in [3.05, 3.63) is 35.9 Å². The van der Waals surface area contributed by atoms with Crippen molar-refractivity contribution >= 4 is 23.6 Å². The van der Waals surface area contributed by atoms with Gasteiger partial charge in [-0.15, -0.1) is 0 Å². The van der Waals surface area contributed by atoms with E-state index in [0.717, 1.165) is 18.1 Å². The first-order valence-corrected chi connectivity index (χ1v) is 6.52. The minimum atomic E-state index is -1.00. The number of carboxylic acids is 1. The number of hydrogen-bond donors (Lipinski definition) is 3. The second-order valence-electron chi connectivity index (χ2n) is 4.72. The zero-order chi connectivity index (χ0) is 15.0. The minimum Gasteiger partial charge on any atom is -0.478 e. The molecule has 5 heteroatoms. The van der Waals surface area contributed by atoms with Crippen LogP contribution in [0.25, 0.3) is 6.08 Å². The van der Waals surface area contributed by atoms with Crippen molar-refractivity contribution in [2.75, 3.05) is 11.9 Å². The lowest BCUT2D eigenvalue weighted by Crippen LogP contribution is -2.16. The number of nitrogens with two attached hydrogens (primary N) is 1. The first-order valence-electron chi connectivity index (χ1n) is 6.52. The maximum Gasteiger partial charge on any atom is 0.328 e. The largest absolute Gasteiger partial charge is 0.478 e. The number of benzene rings is 1. The van der Waals surface area contributed by atoms with Gasteiger partial charge < -0.3 is 16.2 Å². The fraction of sp³-hybridized carbons (Fsp3) is 0.333. The molecule has 0 aliphatic rings. The number of carbonyl (C=O) groups is 2. The van der Waals surface area contributed by atoms with Gasteiger partial charge in [-0.25, -0.2) is 4.79 Å². The standard InChI is InChI=1S/C15H20N2O3/c1-11(10-16)5-7-14(18)17-13-4-2-3-12(9-13)6-8-15(19)20/h2-4,6,8-9,11H,5,7,10,16H2,1H3,(H,17,18)(H,19,20)/b8-6+. The highest BCUT2D eigenvalue weighted by Gasteiger charge is 2.06. The summed E-state index contributed by atoms with van der Waals surface area (Å²) >= 11 is 0. The molecule has 0 bridgehead atoms. The molecule has 0 aliphatic heterocycles. The number of rotatable bonds is 7. The first-order chi connectivity index (χ1) is 9.51. The van der Waals surface area contributed by atoms with Crippen LogP contribution in [0.15, 0.2) is 30.3 Å². The molecule has 0 saturated heterocycles. The predicted octanol–water partition coefficient (Wildman–Crippen LogP) is 2.10. The quantitative estimate of drug-likeness (QED) is 0.665. The van der Waals surface area contributed by atoms with Crippen molar-refractivity contribution in [2.45, 2.75) is 19.8 Å². The molecule has 1 aromatic carbocycles. The number of aliphatic carboxylic acids is 1. The summed E-state index contributed by atoms with van der Waals surface area (Å²) in [6.45, 7) is 2.58. The molecule has 0 saturated carbocycles. The molecule has 1 unspecified atom stereocenters. The summed E-state index contributed by atoms with van der Waals surface area (Å²) in [5.74, 6) is -0.745. The highest BCUT2D eigenvalue weighted by molar-refractivity contribution is 5.91. The summed E-state index contributed by atoms with van der Waals surface area (Å²) in [6, 6.07) is 7.03. The molecular weight excluding hydrogens is 256 g/mol. The van der Waals surface area contributed by atoms with Gasteiger partial charge in [-0.3, -0.25) is 4.79 Å². The molecule has 0 spiro atoms. The molecule has 1 rings (SSSR count). The van der Waals surface area contributed by atoms with Crippen LogP contribution in [0.5, 0.6) is 0 Å². The second kappa shape index (κ2) is 8.12. The van der Waals surface area contributed by atoms with Crippen molar-refractivity contribution in [1.82, 2.24) is 0 Å². The van der Waals surface area contributed by atoms with Gasteiger partial charge in [-0.1, -0.05) is 19.1 Å². The summed E-state index contributed by atoms with van der Waals surface area (Å²) in [6.07, 6.45) is 3.72. The van der Waals surface area contributed by atoms with Crippen LogP contribution in [0.2, 0.25) is 0 Å². The highest BCUT2D eigenvalue weighted by Crippen LogP contribution is 2.13. The van der Waals surface area contributed by atoms with Crippen LogP contribution >= 0.6 is 0 Å². The normalized spacial score (nSPS) is 12.3. The fourth-order valence-corrected chi connectivity index (χ4v) is 1.61. The maximum atomic E-state index is 11.7. The number of carboxylic acid groups (broad SMARTS) is 1. The van der Waals surface area contributed by atoms with Gasteiger partial charge in [0.15, 0.2) is 0 Å². The minimum absolute atomic E-state index is 0.0651. The van der Waals surface area contributed by atoms with Crippen LogP contribution in [0.1, 0.15) is 25.3 Å². The fourth-order valence-electron chi connectivity index (χ4n) is 1.61. The lowest BCUT2D eigenvalue weighted by molar-refractivity contribution is -0.131. The van der Waals surface area contributed by atoms with E-state index in [0.29, 0.717) is 24.6 Å². The maximum absolute atomic E-state index is 11.7. The Hall–Kier alpha value is -2.14. The molecule has 1 aromatic rings. The Morgan fingerprint density at radius 3 is 2.85 bits per heavy atom. The van der Waals surface area contributed by atoms with Crippen molar-refractivity contribution < 1.29 is 14.7 Å². The van der Waals surface area contributed by atoms with Gasteiger partial charge in [0.05, 0.1) is 0 Å². The van der Waals surface area contributed by atoms with E-state index in [-0.39, 0.29) is 5.91 Å². The van der Waals surface area contributed by atoms with Crippen LogP contribution in [0.3, 0.4) is 0 Å². The van der Waals surface area contributed by atoms with Crippen molar-refractivity contribution in [3.8, 4) is 0 Å². The van der Waals surface area contributed by atoms with E-state index >= 15 is 0 Å². The molecule has 1 amide bonds. The molecule has 108 valence electrons. The number of hydrogen-bond acceptors (Lipinski definition) is 3. The molecule has 4 N–H and O–H groups in total. The van der Waals surface area contributed by atoms with Crippen LogP contribution in [0.4, 0.5) is 5.69 Å². The van der Waals surface area contributed by atoms with E-state index in [1.165, 1.54) is 6.08 Å². The Bertz CT molecular complexity index is 498. The van der Waals surface area contributed by atoms with Crippen molar-refractivity contribution in [3.63, 3.8) is 0 Å². The molecule has 0 radical (unpaired) electrons. The first kappa shape index (κ1) is 15.9. The summed E-state index contributed by atoms with van der Waals surface area (Å²) in [5.41, 5.74) is 6.88. The lowest BCUT2D eigenvalue weighted by atomic mass is 10.1. The van der Waals surface area contributed by atoms with Crippen molar-refractivity contribution in [1.29, 1.82) is 0 Å². The molecule has 0 fully saturated rings. The lowest BCUT2D eigenvalue weighted by Gasteiger charge is -2.09. The Kier molecular flexibility index (Phi) is 6.46. The highest BCUT2D eigenvalue weighted by atomic mass is 16.4. The van der Waals surface area contributed by atoms with Gasteiger partial charge in [0, 0.05) is 18.2 Å². The van der Waals surface area contributed by atoms with Gasteiger partial charge in [0.2, 0.25) is 5.91 Å². The third-order valence-electron chi connectivity index (χ3n) is 2.86. The Labute approximate surface area is 118 Å². The zero-order valence-electron chi connectivity index (χ0n) is 11.5. The van der Waals surface area contributed by atoms with Crippen LogP contribution in [-0.2, 0) is 9.59 Å². The molecule has 20 heavy (non-hydrogen) atoms. The third-order valence-corrected chi connectivity index (χ3v) is 2.86. The van der Waals surface area contributed by atoms with E-state index in [9.17, 15) is 9.59 Å². The topological polar surface area (TPSA) is 92.4 Å². The Morgan fingerprint density at radius 2 is 2.20 bits per heavy atom. The van der Waals surface area contributed by atoms with E-state index in [2.05, 4.69) is 5.32 Å². The Morgan fingerprint density at radius 1 is 1.45 bits per heavy atom. The SMILES string of the molecule is CC(CN)CCC(=O)Nc1cccc(/C=C/C(=O)O)c1. The monoisotopic (exact) mass is 276 g/mol. The summed E-state index contributed by atoms with van der Waals surface area (Å²) in [7, 11) is 0. The van der Waals surface area contributed by atoms with Crippen molar-refractivity contribution in [2.24, 2.45) is 11.7 Å². The number of carbonyl (C=O) groups excluding carboxylic acids is 1. The van der Waals surface area contributed by atoms with Crippen LogP contribution in [0, 0.1) is 5.92 Å². The van der Waals surface area contributed by atoms with E-state index in [4.69, 9.17) is 10.8 Å². The predicted molar refractivity (Wildman–Crippen MR) is 79.2 cm³/mol. The number of anilines is 1. The molecule has 5 nitrogen and oxygen atoms in total. The van der Waals surface area contributed by atoms with Gasteiger partial charge in [-0.2, -0.15) is 0 Å². The second-order valence-corrected chi connectivity index (χ2v) is 4.72. The zero-order valence-corrected chi connectivity index (χ0v) is 11.5. The average Bonchev–Trinajstić information content (AvgIpc) is 2.43. The van der Waals surface area contributed by atoms with Gasteiger partial charge in [0.25, 0.3) is 0 Å². The average molecular weight is 276 g/mol. The summed E-state index contributed by atoms with van der Waals surface area (Å²) in [4.78, 5) is 22.2. The van der Waals surface area contributed by atoms with E-state index in [1.807, 2.05) is 6.92 Å². The third kappa shape index (κ3) is 6.15. The Balaban J connectivity index is 2.57. The smallest absolute Gasteiger partial charge is 0.328 e. The summed E-state index contributed by atoms with van der Waals surface area (Å²) < 4.78 is 0. The molecule has 1 atom stereocenters. The molecule has 0 heterocycles. The van der Waals surface area contributed by atoms with Gasteiger partial charge in [-0.05, 0) is 42.7 Å². The summed E-state index contributed by atoms with van der Waals surface area (Å²) in [5, 5.41) is 11.4. The van der Waals surface area contributed by atoms with Crippen LogP contribution < -0.4 is 11.1 Å². The number of nitrogens with one attached hydrogen (secondary N) is 1. The van der Waals surface area contributed by atoms with Crippen LogP contribution in [-0.4, -0.2) is 23.5 Å². The van der Waals surface area contributed by atoms with Gasteiger partial charge >= 0.3 is 5.97 Å². The molecule has 0 aromatic heterocycles. The van der Waals surface area contributed by atoms with E-state index in [1.54, 1.807) is 24.3 Å².